The van der Waals surface area contributed by atoms with E-state index in [0.29, 0.717) is 0 Å². The summed E-state index contributed by atoms with van der Waals surface area (Å²) in [5, 5.41) is 3.47. The molecule has 0 radical (unpaired) electrons. The summed E-state index contributed by atoms with van der Waals surface area (Å²) in [6.45, 7) is 0.819. The van der Waals surface area contributed by atoms with Crippen molar-refractivity contribution in [3.63, 3.8) is 0 Å². The molecule has 1 heterocycles. The van der Waals surface area contributed by atoms with E-state index in [1.807, 2.05) is 0 Å². The third kappa shape index (κ3) is 4.40. The first-order valence-corrected chi connectivity index (χ1v) is 10.3. The first-order chi connectivity index (χ1) is 8.70. The minimum absolute atomic E-state index is 0.0638. The molecule has 0 amide bonds. The van der Waals surface area contributed by atoms with E-state index in [-0.39, 0.29) is 23.1 Å². The summed E-state index contributed by atoms with van der Waals surface area (Å²) in [6.07, 6.45) is 6.03. The van der Waals surface area contributed by atoms with Crippen molar-refractivity contribution in [2.75, 3.05) is 24.3 Å². The number of piperidine rings is 1. The topological polar surface area (TPSA) is 92.3 Å². The monoisotopic (exact) mass is 310 g/mol. The zero-order chi connectivity index (χ0) is 14.1. The maximum Gasteiger partial charge on any atom is 0.212 e. The van der Waals surface area contributed by atoms with Crippen LogP contribution < -0.4 is 10.0 Å². The molecule has 1 unspecified atom stereocenters. The van der Waals surface area contributed by atoms with Crippen molar-refractivity contribution in [1.29, 1.82) is 0 Å². The van der Waals surface area contributed by atoms with Gasteiger partial charge in [0.25, 0.3) is 0 Å². The van der Waals surface area contributed by atoms with Gasteiger partial charge in [0.15, 0.2) is 0 Å². The molecule has 1 aliphatic carbocycles. The van der Waals surface area contributed by atoms with Crippen molar-refractivity contribution in [1.82, 2.24) is 10.0 Å². The molecule has 2 fully saturated rings. The number of hydrogen-bond donors (Lipinski definition) is 2. The third-order valence-corrected chi connectivity index (χ3v) is 6.65. The molecule has 1 atom stereocenters. The van der Waals surface area contributed by atoms with E-state index in [2.05, 4.69) is 10.0 Å². The summed E-state index contributed by atoms with van der Waals surface area (Å²) < 4.78 is 48.4. The summed E-state index contributed by atoms with van der Waals surface area (Å²) in [7, 11) is -6.75. The van der Waals surface area contributed by atoms with Crippen molar-refractivity contribution in [3.05, 3.63) is 0 Å². The van der Waals surface area contributed by atoms with Crippen LogP contribution in [0.5, 0.6) is 0 Å². The molecular weight excluding hydrogens is 288 g/mol. The lowest BCUT2D eigenvalue weighted by Crippen LogP contribution is -2.59. The lowest BCUT2D eigenvalue weighted by atomic mass is 9.70. The minimum Gasteiger partial charge on any atom is -0.311 e. The van der Waals surface area contributed by atoms with Crippen LogP contribution in [0.1, 0.15) is 32.1 Å². The van der Waals surface area contributed by atoms with Crippen molar-refractivity contribution >= 4 is 19.9 Å². The van der Waals surface area contributed by atoms with Crippen LogP contribution in [0.25, 0.3) is 0 Å². The van der Waals surface area contributed by atoms with E-state index >= 15 is 0 Å². The molecule has 19 heavy (non-hydrogen) atoms. The van der Waals surface area contributed by atoms with Crippen LogP contribution in [0, 0.1) is 0 Å². The average molecular weight is 310 g/mol. The third-order valence-electron chi connectivity index (χ3n) is 4.01. The van der Waals surface area contributed by atoms with Gasteiger partial charge >= 0.3 is 0 Å². The second kappa shape index (κ2) is 5.31. The summed E-state index contributed by atoms with van der Waals surface area (Å²) in [5.74, 6) is -0.665. The quantitative estimate of drug-likeness (QED) is 0.722. The van der Waals surface area contributed by atoms with E-state index in [4.69, 9.17) is 0 Å². The Labute approximate surface area is 115 Å². The summed E-state index contributed by atoms with van der Waals surface area (Å²) >= 11 is 0. The lowest BCUT2D eigenvalue weighted by molar-refractivity contribution is 0.126. The fraction of sp³-hybridized carbons (Fsp3) is 1.00. The average Bonchev–Trinajstić information content (AvgIpc) is 2.23. The van der Waals surface area contributed by atoms with Gasteiger partial charge in [-0.15, -0.1) is 0 Å². The van der Waals surface area contributed by atoms with Gasteiger partial charge in [0.1, 0.15) is 9.84 Å². The number of nitrogens with one attached hydrogen (secondary N) is 2. The Bertz CT molecular complexity index is 523. The Hall–Kier alpha value is -0.180. The van der Waals surface area contributed by atoms with Gasteiger partial charge in [0.2, 0.25) is 10.0 Å². The fourth-order valence-corrected chi connectivity index (χ4v) is 5.73. The number of sulfone groups is 1. The Morgan fingerprint density at radius 2 is 1.89 bits per heavy atom. The highest BCUT2D eigenvalue weighted by Gasteiger charge is 2.41. The van der Waals surface area contributed by atoms with Crippen molar-refractivity contribution in [3.8, 4) is 0 Å². The van der Waals surface area contributed by atoms with Gasteiger partial charge in [-0.2, -0.15) is 0 Å². The highest BCUT2D eigenvalue weighted by Crippen LogP contribution is 2.38. The molecule has 1 spiro atoms. The van der Waals surface area contributed by atoms with E-state index in [0.717, 1.165) is 38.5 Å². The molecule has 2 aliphatic rings. The maximum atomic E-state index is 11.9. The van der Waals surface area contributed by atoms with E-state index < -0.39 is 19.9 Å². The van der Waals surface area contributed by atoms with Crippen LogP contribution in [0.15, 0.2) is 0 Å². The Kier molecular flexibility index (Phi) is 4.25. The van der Waals surface area contributed by atoms with Gasteiger partial charge in [0.05, 0.1) is 11.5 Å². The van der Waals surface area contributed by atoms with Crippen LogP contribution in [0.2, 0.25) is 0 Å². The lowest BCUT2D eigenvalue weighted by Gasteiger charge is -2.48. The summed E-state index contributed by atoms with van der Waals surface area (Å²) in [6, 6.07) is -0.0638. The number of sulfonamides is 1. The van der Waals surface area contributed by atoms with Crippen LogP contribution >= 0.6 is 0 Å². The molecule has 0 aromatic heterocycles. The molecular formula is C11H22N2O4S2. The molecule has 6 nitrogen and oxygen atoms in total. The Morgan fingerprint density at radius 3 is 2.42 bits per heavy atom. The largest absolute Gasteiger partial charge is 0.311 e. The number of hydrogen-bond acceptors (Lipinski definition) is 5. The van der Waals surface area contributed by atoms with Gasteiger partial charge < -0.3 is 5.32 Å². The van der Waals surface area contributed by atoms with Gasteiger partial charge in [-0.05, 0) is 38.6 Å². The van der Waals surface area contributed by atoms with Crippen LogP contribution in [-0.4, -0.2) is 52.7 Å². The standard InChI is InChI=1S/C11H22N2O4S2/c1-18(14,15)7-8-19(16,17)13-10-3-6-12-11(9-10)4-2-5-11/h10,12-13H,2-9H2,1H3. The van der Waals surface area contributed by atoms with Crippen molar-refractivity contribution < 1.29 is 16.8 Å². The van der Waals surface area contributed by atoms with Gasteiger partial charge in [-0.25, -0.2) is 21.6 Å². The van der Waals surface area contributed by atoms with Gasteiger partial charge in [0, 0.05) is 17.8 Å². The zero-order valence-corrected chi connectivity index (χ0v) is 12.8. The van der Waals surface area contributed by atoms with Crippen LogP contribution in [-0.2, 0) is 19.9 Å². The van der Waals surface area contributed by atoms with Crippen molar-refractivity contribution in [2.24, 2.45) is 0 Å². The highest BCUT2D eigenvalue weighted by atomic mass is 32.2. The predicted molar refractivity (Wildman–Crippen MR) is 74.2 cm³/mol. The fourth-order valence-electron chi connectivity index (χ4n) is 2.82. The highest BCUT2D eigenvalue weighted by molar-refractivity contribution is 7.93. The molecule has 1 aliphatic heterocycles. The smallest absolute Gasteiger partial charge is 0.212 e. The molecule has 0 bridgehead atoms. The minimum atomic E-state index is -3.51. The summed E-state index contributed by atoms with van der Waals surface area (Å²) in [5.41, 5.74) is 0.127. The van der Waals surface area contributed by atoms with Gasteiger partial charge in [-0.3, -0.25) is 0 Å². The number of rotatable bonds is 5. The molecule has 2 N–H and O–H groups in total. The Morgan fingerprint density at radius 1 is 1.21 bits per heavy atom. The normalized spacial score (nSPS) is 27.1. The Balaban J connectivity index is 1.89. The molecule has 1 saturated heterocycles. The molecule has 1 saturated carbocycles. The van der Waals surface area contributed by atoms with E-state index in [1.54, 1.807) is 0 Å². The molecule has 0 aromatic carbocycles. The van der Waals surface area contributed by atoms with E-state index in [1.165, 1.54) is 6.42 Å². The molecule has 112 valence electrons. The zero-order valence-electron chi connectivity index (χ0n) is 11.2. The SMILES string of the molecule is CS(=O)(=O)CCS(=O)(=O)NC1CCNC2(CCC2)C1. The molecule has 0 aromatic rings. The second-order valence-corrected chi connectivity index (χ2v) is 9.95. The maximum absolute atomic E-state index is 11.9. The van der Waals surface area contributed by atoms with Crippen molar-refractivity contribution in [2.45, 2.75) is 43.7 Å². The second-order valence-electron chi connectivity index (χ2n) is 5.82. The predicted octanol–water partition coefficient (Wildman–Crippen LogP) is -0.375. The molecule has 2 rings (SSSR count). The van der Waals surface area contributed by atoms with Gasteiger partial charge in [-0.1, -0.05) is 0 Å². The first-order valence-electron chi connectivity index (χ1n) is 6.63. The first kappa shape index (κ1) is 15.2. The van der Waals surface area contributed by atoms with Crippen LogP contribution in [0.3, 0.4) is 0 Å². The van der Waals surface area contributed by atoms with Crippen LogP contribution in [0.4, 0.5) is 0 Å². The molecule has 8 heteroatoms. The van der Waals surface area contributed by atoms with E-state index in [9.17, 15) is 16.8 Å². The summed E-state index contributed by atoms with van der Waals surface area (Å²) in [4.78, 5) is 0.